The quantitative estimate of drug-likeness (QED) is 0.118. The molecule has 0 amide bonds. The summed E-state index contributed by atoms with van der Waals surface area (Å²) < 4.78 is 12.8. The summed E-state index contributed by atoms with van der Waals surface area (Å²) in [5.41, 5.74) is 17.9. The number of rotatable bonds is 7. The van der Waals surface area contributed by atoms with Gasteiger partial charge in [-0.05, 0) is 97.3 Å². The molecule has 6 heterocycles. The molecule has 2 bridgehead atoms. The third-order valence-electron chi connectivity index (χ3n) is 16.5. The van der Waals surface area contributed by atoms with Crippen LogP contribution in [0.4, 0.5) is 22.7 Å². The SMILES string of the molecule is CC(C)(C)c1cccc(-c2cccc3c2[N@@+]2(c4cc(C(C)(C)C)cc(C(C)(C)C)c4)[CH-][N@+]3(c3[c-]c(Oc4[c-]c5c(cc4)c4ccc(-n6c7ccccc7c7ccccc76)cc4n5-c4cc(C(C)(C)C)ccn4)ccc3)C2)c1.[Pt]. The van der Waals surface area contributed by atoms with Crippen LogP contribution >= 0.6 is 0 Å². The summed E-state index contributed by atoms with van der Waals surface area (Å²) in [6.07, 6.45) is 1.94. The summed E-state index contributed by atoms with van der Waals surface area (Å²) in [6.45, 7) is 31.0. The van der Waals surface area contributed by atoms with E-state index in [2.05, 4.69) is 275 Å². The minimum absolute atomic E-state index is 0. The van der Waals surface area contributed by atoms with Crippen LogP contribution in [0.25, 0.3) is 66.2 Å². The summed E-state index contributed by atoms with van der Waals surface area (Å²) in [7, 11) is 0. The van der Waals surface area contributed by atoms with Gasteiger partial charge in [0.25, 0.3) is 0 Å². The number of ether oxygens (including phenoxy) is 1. The molecule has 6 nitrogen and oxygen atoms in total. The normalized spacial score (nSPS) is 17.4. The smallest absolute Gasteiger partial charge is 0.187 e. The van der Waals surface area contributed by atoms with Gasteiger partial charge in [0, 0.05) is 90.2 Å². The number of pyridine rings is 1. The van der Waals surface area contributed by atoms with E-state index in [0.29, 0.717) is 20.5 Å². The summed E-state index contributed by atoms with van der Waals surface area (Å²) in [6, 6.07) is 70.3. The monoisotopic (exact) mass is 1200 g/mol. The average Bonchev–Trinajstić information content (AvgIpc) is 2.94. The van der Waals surface area contributed by atoms with Crippen molar-refractivity contribution in [2.45, 2.75) is 105 Å². The minimum atomic E-state index is -0.0810. The predicted octanol–water partition coefficient (Wildman–Crippen LogP) is 18.9. The Labute approximate surface area is 475 Å². The molecule has 11 aromatic rings. The second kappa shape index (κ2) is 18.0. The van der Waals surface area contributed by atoms with E-state index in [9.17, 15) is 0 Å². The van der Waals surface area contributed by atoms with Crippen LogP contribution < -0.4 is 13.7 Å². The van der Waals surface area contributed by atoms with Crippen molar-refractivity contribution < 1.29 is 25.8 Å². The fourth-order valence-electron chi connectivity index (χ4n) is 12.2. The van der Waals surface area contributed by atoms with E-state index in [1.807, 2.05) is 12.3 Å². The van der Waals surface area contributed by atoms with Crippen molar-refractivity contribution >= 4 is 66.4 Å². The molecule has 3 aliphatic rings. The maximum absolute atomic E-state index is 6.96. The molecule has 0 N–H and O–H groups in total. The van der Waals surface area contributed by atoms with Gasteiger partial charge in [0.05, 0.1) is 17.7 Å². The third-order valence-corrected chi connectivity index (χ3v) is 16.5. The average molecular weight is 1200 g/mol. The van der Waals surface area contributed by atoms with Crippen molar-refractivity contribution in [3.05, 3.63) is 217 Å². The number of benzene rings is 8. The predicted molar refractivity (Wildman–Crippen MR) is 322 cm³/mol. The van der Waals surface area contributed by atoms with Crippen molar-refractivity contribution in [2.24, 2.45) is 0 Å². The molecule has 0 radical (unpaired) electrons. The molecule has 3 aromatic heterocycles. The largest absolute Gasteiger partial charge is 0.509 e. The number of hydrogen-bond donors (Lipinski definition) is 0. The Hall–Kier alpha value is -7.08. The molecule has 2 atom stereocenters. The van der Waals surface area contributed by atoms with Gasteiger partial charge in [-0.1, -0.05) is 174 Å². The number of fused-ring (bicyclic) bond motifs is 6. The van der Waals surface area contributed by atoms with Crippen molar-refractivity contribution in [3.63, 3.8) is 0 Å². The fraction of sp³-hybridized carbons (Fsp3) is 0.239. The number of nitrogens with zero attached hydrogens (tertiary/aromatic N) is 5. The molecule has 1 saturated heterocycles. The van der Waals surface area contributed by atoms with Gasteiger partial charge in [0.15, 0.2) is 18.0 Å². The third kappa shape index (κ3) is 8.20. The number of aromatic nitrogens is 3. The zero-order valence-electron chi connectivity index (χ0n) is 47.0. The van der Waals surface area contributed by atoms with E-state index in [1.165, 1.54) is 72.2 Å². The molecule has 3 aliphatic heterocycles. The van der Waals surface area contributed by atoms with E-state index < -0.39 is 0 Å². The molecule has 8 aromatic carbocycles. The van der Waals surface area contributed by atoms with Crippen molar-refractivity contribution in [2.75, 3.05) is 6.67 Å². The number of para-hydroxylation sites is 3. The van der Waals surface area contributed by atoms with Crippen LogP contribution in [-0.2, 0) is 42.7 Å². The van der Waals surface area contributed by atoms with Crippen molar-refractivity contribution in [3.8, 4) is 34.1 Å². The van der Waals surface area contributed by atoms with E-state index >= 15 is 0 Å². The van der Waals surface area contributed by atoms with Gasteiger partial charge in [-0.15, -0.1) is 29.7 Å². The molecule has 1 fully saturated rings. The van der Waals surface area contributed by atoms with Gasteiger partial charge < -0.3 is 18.4 Å². The summed E-state index contributed by atoms with van der Waals surface area (Å²) >= 11 is 0. The first-order valence-corrected chi connectivity index (χ1v) is 27.3. The van der Waals surface area contributed by atoms with Crippen LogP contribution in [0.3, 0.4) is 0 Å². The first-order valence-electron chi connectivity index (χ1n) is 27.3. The first-order chi connectivity index (χ1) is 36.6. The van der Waals surface area contributed by atoms with Gasteiger partial charge in [0.2, 0.25) is 0 Å². The summed E-state index contributed by atoms with van der Waals surface area (Å²) in [5, 5.41) is 4.66. The van der Waals surface area contributed by atoms with Crippen LogP contribution in [0.2, 0.25) is 0 Å². The fourth-order valence-corrected chi connectivity index (χ4v) is 12.2. The second-order valence-electron chi connectivity index (χ2n) is 25.9. The summed E-state index contributed by atoms with van der Waals surface area (Å²) in [5.74, 6) is 2.09. The van der Waals surface area contributed by atoms with Gasteiger partial charge in [-0.2, -0.15) is 12.1 Å². The standard InChI is InChI=1S/C71H68N5O.Pt/c1-68(2,3)47-21-17-20-46(36-47)56-26-19-29-65-67(56)76(53-38-49(70(7,8)9)37-50(39-53)71(10,11)12)44-75(65,45-76)52-22-18-23-54(42-52)77-55-31-33-60-59-32-30-51(73-61-27-15-13-24-57(61)58-25-14-16-28-62(58)73)41-63(59)74(64(60)43-55)66-40-48(34-35-72-66)69(4,5)6;/h13-41,44H,45H2,1-12H3;/q-1;/t75-,76+;/m1./s1. The van der Waals surface area contributed by atoms with E-state index in [1.54, 1.807) is 0 Å². The van der Waals surface area contributed by atoms with Crippen LogP contribution in [-0.4, -0.2) is 20.8 Å². The Bertz CT molecular complexity index is 4110. The van der Waals surface area contributed by atoms with Crippen LogP contribution in [0, 0.1) is 18.8 Å². The minimum Gasteiger partial charge on any atom is -0.509 e. The first kappa shape index (κ1) is 51.7. The Kier molecular flexibility index (Phi) is 11.9. The number of quaternary nitrogens is 2. The molecule has 0 spiro atoms. The topological polar surface area (TPSA) is 32.0 Å². The van der Waals surface area contributed by atoms with Crippen LogP contribution in [0.15, 0.2) is 176 Å². The molecule has 14 rings (SSSR count). The van der Waals surface area contributed by atoms with Gasteiger partial charge in [-0.3, -0.25) is 4.48 Å². The van der Waals surface area contributed by atoms with Gasteiger partial charge in [-0.25, -0.2) is 4.98 Å². The Morgan fingerprint density at radius 2 is 1.08 bits per heavy atom. The molecule has 0 unspecified atom stereocenters. The zero-order valence-corrected chi connectivity index (χ0v) is 49.3. The molecule has 0 saturated carbocycles. The zero-order chi connectivity index (χ0) is 53.6. The van der Waals surface area contributed by atoms with Crippen LogP contribution in [0.1, 0.15) is 105 Å². The summed E-state index contributed by atoms with van der Waals surface area (Å²) in [4.78, 5) is 5.07. The second-order valence-corrected chi connectivity index (χ2v) is 25.9. The molecule has 78 heavy (non-hydrogen) atoms. The van der Waals surface area contributed by atoms with Gasteiger partial charge >= 0.3 is 0 Å². The Balaban J connectivity index is 0.00000609. The van der Waals surface area contributed by atoms with Crippen molar-refractivity contribution in [1.82, 2.24) is 23.1 Å². The molecule has 0 aliphatic carbocycles. The van der Waals surface area contributed by atoms with E-state index in [-0.39, 0.29) is 42.7 Å². The maximum atomic E-state index is 6.96. The van der Waals surface area contributed by atoms with Crippen LogP contribution in [0.5, 0.6) is 11.5 Å². The van der Waals surface area contributed by atoms with Gasteiger partial charge in [0.1, 0.15) is 11.5 Å². The van der Waals surface area contributed by atoms with E-state index in [4.69, 9.17) is 9.72 Å². The number of hydrogen-bond acceptors (Lipinski definition) is 2. The maximum Gasteiger partial charge on any atom is 0.187 e. The molecular weight excluding hydrogens is 1130 g/mol. The Morgan fingerprint density at radius 1 is 0.487 bits per heavy atom. The van der Waals surface area contributed by atoms with Crippen molar-refractivity contribution in [1.29, 1.82) is 0 Å². The molecule has 394 valence electrons. The van der Waals surface area contributed by atoms with E-state index in [0.717, 1.165) is 45.7 Å². The molecule has 7 heteroatoms. The Morgan fingerprint density at radius 3 is 1.74 bits per heavy atom. The molecular formula is C71H68N5OPt-.